The van der Waals surface area contributed by atoms with Crippen LogP contribution >= 0.6 is 11.6 Å². The summed E-state index contributed by atoms with van der Waals surface area (Å²) >= 11 is 5.37. The van der Waals surface area contributed by atoms with Gasteiger partial charge < -0.3 is 0 Å². The Kier molecular flexibility index (Phi) is 3.42. The van der Waals surface area contributed by atoms with Crippen molar-refractivity contribution < 1.29 is 18.1 Å². The SMILES string of the molecule is Cc1cc(CCl)c(C(F)(F)F)cc1[N+](=O)[O-]. The van der Waals surface area contributed by atoms with E-state index in [1.807, 2.05) is 0 Å². The topological polar surface area (TPSA) is 43.1 Å². The van der Waals surface area contributed by atoms with Gasteiger partial charge in [-0.05, 0) is 18.6 Å². The van der Waals surface area contributed by atoms with Crippen LogP contribution in [0.3, 0.4) is 0 Å². The summed E-state index contributed by atoms with van der Waals surface area (Å²) in [5.41, 5.74) is -1.60. The lowest BCUT2D eigenvalue weighted by Crippen LogP contribution is -2.10. The second-order valence-corrected chi connectivity index (χ2v) is 3.45. The van der Waals surface area contributed by atoms with Crippen LogP contribution in [-0.4, -0.2) is 4.92 Å². The van der Waals surface area contributed by atoms with Gasteiger partial charge in [-0.15, -0.1) is 11.6 Å². The summed E-state index contributed by atoms with van der Waals surface area (Å²) in [6.45, 7) is 1.37. The molecule has 0 unspecified atom stereocenters. The van der Waals surface area contributed by atoms with Crippen molar-refractivity contribution in [1.82, 2.24) is 0 Å². The second kappa shape index (κ2) is 4.29. The predicted molar refractivity (Wildman–Crippen MR) is 52.4 cm³/mol. The van der Waals surface area contributed by atoms with Gasteiger partial charge >= 0.3 is 6.18 Å². The monoisotopic (exact) mass is 253 g/mol. The Bertz CT molecular complexity index is 431. The Labute approximate surface area is 94.0 Å². The molecular weight excluding hydrogens is 247 g/mol. The molecule has 0 radical (unpaired) electrons. The zero-order valence-corrected chi connectivity index (χ0v) is 8.89. The van der Waals surface area contributed by atoms with E-state index >= 15 is 0 Å². The summed E-state index contributed by atoms with van der Waals surface area (Å²) < 4.78 is 37.6. The smallest absolute Gasteiger partial charge is 0.258 e. The number of nitrogens with zero attached hydrogens (tertiary/aromatic N) is 1. The highest BCUT2D eigenvalue weighted by atomic mass is 35.5. The van der Waals surface area contributed by atoms with Gasteiger partial charge in [0.15, 0.2) is 0 Å². The van der Waals surface area contributed by atoms with E-state index < -0.39 is 22.4 Å². The van der Waals surface area contributed by atoms with E-state index in [4.69, 9.17) is 11.6 Å². The number of aryl methyl sites for hydroxylation is 1. The van der Waals surface area contributed by atoms with Gasteiger partial charge in [0.25, 0.3) is 5.69 Å². The molecular formula is C9H7ClF3NO2. The second-order valence-electron chi connectivity index (χ2n) is 3.18. The number of alkyl halides is 4. The fraction of sp³-hybridized carbons (Fsp3) is 0.333. The third kappa shape index (κ3) is 2.44. The van der Waals surface area contributed by atoms with Gasteiger partial charge in [-0.25, -0.2) is 0 Å². The van der Waals surface area contributed by atoms with Crippen molar-refractivity contribution in [3.63, 3.8) is 0 Å². The van der Waals surface area contributed by atoms with Crippen molar-refractivity contribution in [2.45, 2.75) is 19.0 Å². The van der Waals surface area contributed by atoms with Crippen LogP contribution in [0.5, 0.6) is 0 Å². The number of rotatable bonds is 2. The predicted octanol–water partition coefficient (Wildman–Crippen LogP) is 3.66. The molecule has 88 valence electrons. The molecule has 0 atom stereocenters. The van der Waals surface area contributed by atoms with Gasteiger partial charge in [0.05, 0.1) is 10.5 Å². The van der Waals surface area contributed by atoms with E-state index in [9.17, 15) is 23.3 Å². The molecule has 0 heterocycles. The molecule has 1 rings (SSSR count). The zero-order chi connectivity index (χ0) is 12.5. The van der Waals surface area contributed by atoms with Crippen LogP contribution in [0.2, 0.25) is 0 Å². The quantitative estimate of drug-likeness (QED) is 0.459. The Balaban J connectivity index is 3.47. The molecule has 0 spiro atoms. The molecule has 0 amide bonds. The molecule has 16 heavy (non-hydrogen) atoms. The van der Waals surface area contributed by atoms with E-state index in [0.29, 0.717) is 6.07 Å². The number of hydrogen-bond acceptors (Lipinski definition) is 2. The van der Waals surface area contributed by atoms with Gasteiger partial charge in [0.1, 0.15) is 0 Å². The van der Waals surface area contributed by atoms with Gasteiger partial charge in [0, 0.05) is 17.5 Å². The van der Waals surface area contributed by atoms with Crippen LogP contribution in [0.1, 0.15) is 16.7 Å². The Morgan fingerprint density at radius 1 is 1.44 bits per heavy atom. The molecule has 0 N–H and O–H groups in total. The number of nitro benzene ring substituents is 1. The normalized spacial score (nSPS) is 11.6. The highest BCUT2D eigenvalue weighted by Gasteiger charge is 2.35. The van der Waals surface area contributed by atoms with Crippen molar-refractivity contribution in [3.05, 3.63) is 38.9 Å². The third-order valence-electron chi connectivity index (χ3n) is 2.07. The zero-order valence-electron chi connectivity index (χ0n) is 8.14. The van der Waals surface area contributed by atoms with Crippen molar-refractivity contribution in [3.8, 4) is 0 Å². The largest absolute Gasteiger partial charge is 0.416 e. The van der Waals surface area contributed by atoms with Crippen LogP contribution < -0.4 is 0 Å². The number of hydrogen-bond donors (Lipinski definition) is 0. The van der Waals surface area contributed by atoms with Crippen LogP contribution in [-0.2, 0) is 12.1 Å². The maximum absolute atomic E-state index is 12.5. The van der Waals surface area contributed by atoms with E-state index in [0.717, 1.165) is 6.07 Å². The minimum Gasteiger partial charge on any atom is -0.258 e. The summed E-state index contributed by atoms with van der Waals surface area (Å²) in [6.07, 6.45) is -4.64. The molecule has 0 aliphatic rings. The van der Waals surface area contributed by atoms with Gasteiger partial charge in [0.2, 0.25) is 0 Å². The van der Waals surface area contributed by atoms with Crippen molar-refractivity contribution >= 4 is 17.3 Å². The van der Waals surface area contributed by atoms with Crippen molar-refractivity contribution in [1.29, 1.82) is 0 Å². The van der Waals surface area contributed by atoms with E-state index in [1.54, 1.807) is 0 Å². The molecule has 0 saturated carbocycles. The molecule has 7 heteroatoms. The maximum atomic E-state index is 12.5. The number of nitro groups is 1. The van der Waals surface area contributed by atoms with Crippen LogP contribution in [0.15, 0.2) is 12.1 Å². The number of benzene rings is 1. The molecule has 0 saturated heterocycles. The lowest BCUT2D eigenvalue weighted by atomic mass is 10.0. The molecule has 3 nitrogen and oxygen atoms in total. The van der Waals surface area contributed by atoms with Crippen LogP contribution in [0.4, 0.5) is 18.9 Å². The standard InChI is InChI=1S/C9H7ClF3NO2/c1-5-2-6(4-10)7(9(11,12)13)3-8(5)14(15)16/h2-3H,4H2,1H3. The van der Waals surface area contributed by atoms with Crippen molar-refractivity contribution in [2.24, 2.45) is 0 Å². The summed E-state index contributed by atoms with van der Waals surface area (Å²) in [5, 5.41) is 10.5. The Hall–Kier alpha value is -1.30. The maximum Gasteiger partial charge on any atom is 0.416 e. The number of halogens is 4. The molecule has 1 aromatic carbocycles. The summed E-state index contributed by atoms with van der Waals surface area (Å²) in [7, 11) is 0. The first-order valence-electron chi connectivity index (χ1n) is 4.18. The highest BCUT2D eigenvalue weighted by Crippen LogP contribution is 2.36. The van der Waals surface area contributed by atoms with E-state index in [2.05, 4.69) is 0 Å². The Morgan fingerprint density at radius 3 is 2.38 bits per heavy atom. The van der Waals surface area contributed by atoms with Crippen molar-refractivity contribution in [2.75, 3.05) is 0 Å². The minimum atomic E-state index is -4.64. The lowest BCUT2D eigenvalue weighted by molar-refractivity contribution is -0.385. The minimum absolute atomic E-state index is 0.155. The molecule has 1 aromatic rings. The molecule has 0 aromatic heterocycles. The molecule has 0 fully saturated rings. The fourth-order valence-corrected chi connectivity index (χ4v) is 1.55. The van der Waals surface area contributed by atoms with E-state index in [1.165, 1.54) is 6.92 Å². The van der Waals surface area contributed by atoms with E-state index in [-0.39, 0.29) is 17.0 Å². The first-order valence-corrected chi connectivity index (χ1v) is 4.72. The fourth-order valence-electron chi connectivity index (χ4n) is 1.33. The van der Waals surface area contributed by atoms with Crippen LogP contribution in [0.25, 0.3) is 0 Å². The average molecular weight is 254 g/mol. The van der Waals surface area contributed by atoms with Gasteiger partial charge in [-0.2, -0.15) is 13.2 Å². The van der Waals surface area contributed by atoms with Crippen LogP contribution in [0, 0.1) is 17.0 Å². The first-order chi connectivity index (χ1) is 7.27. The highest BCUT2D eigenvalue weighted by molar-refractivity contribution is 6.17. The average Bonchev–Trinajstić information content (AvgIpc) is 2.14. The first kappa shape index (κ1) is 12.8. The molecule has 0 aliphatic carbocycles. The van der Waals surface area contributed by atoms with Gasteiger partial charge in [-0.1, -0.05) is 0 Å². The summed E-state index contributed by atoms with van der Waals surface area (Å²) in [6, 6.07) is 1.61. The molecule has 0 bridgehead atoms. The Morgan fingerprint density at radius 2 is 2.00 bits per heavy atom. The summed E-state index contributed by atoms with van der Waals surface area (Å²) in [4.78, 5) is 9.66. The summed E-state index contributed by atoms with van der Waals surface area (Å²) in [5.74, 6) is -0.340. The third-order valence-corrected chi connectivity index (χ3v) is 2.36. The molecule has 0 aliphatic heterocycles. The lowest BCUT2D eigenvalue weighted by Gasteiger charge is -2.11. The van der Waals surface area contributed by atoms with Gasteiger partial charge in [-0.3, -0.25) is 10.1 Å².